The summed E-state index contributed by atoms with van der Waals surface area (Å²) in [5.74, 6) is 0.0763. The summed E-state index contributed by atoms with van der Waals surface area (Å²) in [6, 6.07) is 20.0. The van der Waals surface area contributed by atoms with Gasteiger partial charge in [-0.15, -0.1) is 0 Å². The molecule has 0 heterocycles. The standard InChI is InChI=1S/C22H21ClN2O3S/c1-15(2)16-8-11-18(12-9-16)24-22(26)17-10-13-21(20(23)14-17)25-29(27,28)19-6-4-3-5-7-19/h3-15,25H,1-2H3,(H,24,26). The van der Waals surface area contributed by atoms with Crippen LogP contribution in [-0.4, -0.2) is 14.3 Å². The van der Waals surface area contributed by atoms with E-state index in [4.69, 9.17) is 11.6 Å². The van der Waals surface area contributed by atoms with Crippen molar-refractivity contribution >= 4 is 38.9 Å². The fourth-order valence-electron chi connectivity index (χ4n) is 2.70. The largest absolute Gasteiger partial charge is 0.322 e. The van der Waals surface area contributed by atoms with E-state index >= 15 is 0 Å². The number of halogens is 1. The second kappa shape index (κ2) is 8.68. The highest BCUT2D eigenvalue weighted by molar-refractivity contribution is 7.92. The highest BCUT2D eigenvalue weighted by atomic mass is 35.5. The van der Waals surface area contributed by atoms with Crippen molar-refractivity contribution in [2.45, 2.75) is 24.7 Å². The summed E-state index contributed by atoms with van der Waals surface area (Å²) in [5, 5.41) is 2.94. The molecule has 1 amide bonds. The Hall–Kier alpha value is -2.83. The van der Waals surface area contributed by atoms with Crippen molar-refractivity contribution in [2.24, 2.45) is 0 Å². The zero-order valence-electron chi connectivity index (χ0n) is 16.0. The molecule has 7 heteroatoms. The average Bonchev–Trinajstić information content (AvgIpc) is 2.70. The van der Waals surface area contributed by atoms with Crippen LogP contribution in [0.1, 0.15) is 35.7 Å². The third-order valence-corrected chi connectivity index (χ3v) is 6.06. The van der Waals surface area contributed by atoms with Crippen LogP contribution in [0.5, 0.6) is 0 Å². The van der Waals surface area contributed by atoms with Gasteiger partial charge in [-0.05, 0) is 53.9 Å². The smallest absolute Gasteiger partial charge is 0.261 e. The Kier molecular flexibility index (Phi) is 6.25. The monoisotopic (exact) mass is 428 g/mol. The maximum atomic E-state index is 12.5. The van der Waals surface area contributed by atoms with E-state index in [1.54, 1.807) is 18.2 Å². The number of hydrogen-bond acceptors (Lipinski definition) is 3. The Morgan fingerprint density at radius 3 is 2.17 bits per heavy atom. The Morgan fingerprint density at radius 2 is 1.59 bits per heavy atom. The van der Waals surface area contributed by atoms with Crippen LogP contribution in [0.4, 0.5) is 11.4 Å². The molecule has 0 aliphatic carbocycles. The van der Waals surface area contributed by atoms with Crippen LogP contribution >= 0.6 is 11.6 Å². The lowest BCUT2D eigenvalue weighted by Crippen LogP contribution is -2.14. The predicted molar refractivity (Wildman–Crippen MR) is 117 cm³/mol. The second-order valence-corrected chi connectivity index (χ2v) is 8.93. The number of rotatable bonds is 6. The number of amides is 1. The molecule has 3 aromatic carbocycles. The van der Waals surface area contributed by atoms with Crippen molar-refractivity contribution in [2.75, 3.05) is 10.0 Å². The Morgan fingerprint density at radius 1 is 0.931 bits per heavy atom. The molecular formula is C22H21ClN2O3S. The first-order valence-electron chi connectivity index (χ1n) is 9.05. The average molecular weight is 429 g/mol. The van der Waals surface area contributed by atoms with Gasteiger partial charge in [0.2, 0.25) is 0 Å². The Bertz CT molecular complexity index is 1110. The molecule has 3 aromatic rings. The summed E-state index contributed by atoms with van der Waals surface area (Å²) >= 11 is 6.22. The normalized spacial score (nSPS) is 11.3. The molecule has 0 radical (unpaired) electrons. The highest BCUT2D eigenvalue weighted by Gasteiger charge is 2.16. The van der Waals surface area contributed by atoms with Gasteiger partial charge in [-0.1, -0.05) is 55.8 Å². The quantitative estimate of drug-likeness (QED) is 0.543. The van der Waals surface area contributed by atoms with Crippen LogP contribution < -0.4 is 10.0 Å². The van der Waals surface area contributed by atoms with Gasteiger partial charge < -0.3 is 5.32 Å². The van der Waals surface area contributed by atoms with Crippen LogP contribution in [0.25, 0.3) is 0 Å². The van der Waals surface area contributed by atoms with Crippen LogP contribution in [0.15, 0.2) is 77.7 Å². The lowest BCUT2D eigenvalue weighted by atomic mass is 10.0. The van der Waals surface area contributed by atoms with E-state index in [0.717, 1.165) is 0 Å². The number of nitrogens with one attached hydrogen (secondary N) is 2. The van der Waals surface area contributed by atoms with Gasteiger partial charge in [0, 0.05) is 11.3 Å². The summed E-state index contributed by atoms with van der Waals surface area (Å²) in [6.07, 6.45) is 0. The van der Waals surface area contributed by atoms with Crippen molar-refractivity contribution in [3.8, 4) is 0 Å². The molecule has 0 spiro atoms. The van der Waals surface area contributed by atoms with Gasteiger partial charge in [-0.25, -0.2) is 8.42 Å². The minimum Gasteiger partial charge on any atom is -0.322 e. The highest BCUT2D eigenvalue weighted by Crippen LogP contribution is 2.26. The lowest BCUT2D eigenvalue weighted by Gasteiger charge is -2.12. The Labute approximate surface area is 175 Å². The minimum absolute atomic E-state index is 0.128. The third-order valence-electron chi connectivity index (χ3n) is 4.36. The zero-order chi connectivity index (χ0) is 21.0. The molecule has 5 nitrogen and oxygen atoms in total. The van der Waals surface area contributed by atoms with Gasteiger partial charge in [0.1, 0.15) is 0 Å². The molecule has 0 atom stereocenters. The first-order valence-corrected chi connectivity index (χ1v) is 10.9. The van der Waals surface area contributed by atoms with Crippen molar-refractivity contribution in [1.29, 1.82) is 0 Å². The Balaban J connectivity index is 1.74. The maximum absolute atomic E-state index is 12.5. The first kappa shape index (κ1) is 20.9. The molecular weight excluding hydrogens is 408 g/mol. The number of carbonyl (C=O) groups excluding carboxylic acids is 1. The van der Waals surface area contributed by atoms with Crippen molar-refractivity contribution in [3.63, 3.8) is 0 Å². The van der Waals surface area contributed by atoms with Crippen LogP contribution in [0, 0.1) is 0 Å². The fraction of sp³-hybridized carbons (Fsp3) is 0.136. The predicted octanol–water partition coefficient (Wildman–Crippen LogP) is 5.52. The zero-order valence-corrected chi connectivity index (χ0v) is 17.6. The van der Waals surface area contributed by atoms with E-state index in [1.165, 1.54) is 35.9 Å². The van der Waals surface area contributed by atoms with Crippen molar-refractivity contribution in [1.82, 2.24) is 0 Å². The van der Waals surface area contributed by atoms with E-state index in [1.807, 2.05) is 24.3 Å². The van der Waals surface area contributed by atoms with Crippen molar-refractivity contribution in [3.05, 3.63) is 88.9 Å². The molecule has 0 bridgehead atoms. The maximum Gasteiger partial charge on any atom is 0.261 e. The second-order valence-electron chi connectivity index (χ2n) is 6.84. The SMILES string of the molecule is CC(C)c1ccc(NC(=O)c2ccc(NS(=O)(=O)c3ccccc3)c(Cl)c2)cc1. The van der Waals surface area contributed by atoms with E-state index in [-0.39, 0.29) is 21.5 Å². The fourth-order valence-corrected chi connectivity index (χ4v) is 4.08. The number of anilines is 2. The molecule has 150 valence electrons. The molecule has 0 saturated heterocycles. The third kappa shape index (κ3) is 5.16. The molecule has 3 rings (SSSR count). The molecule has 0 saturated carbocycles. The van der Waals surface area contributed by atoms with E-state index < -0.39 is 10.0 Å². The number of hydrogen-bond donors (Lipinski definition) is 2. The van der Waals surface area contributed by atoms with E-state index in [2.05, 4.69) is 23.9 Å². The van der Waals surface area contributed by atoms with E-state index in [0.29, 0.717) is 17.2 Å². The lowest BCUT2D eigenvalue weighted by molar-refractivity contribution is 0.102. The molecule has 0 aliphatic rings. The molecule has 0 aliphatic heterocycles. The molecule has 0 fully saturated rings. The van der Waals surface area contributed by atoms with Gasteiger partial charge in [-0.2, -0.15) is 0 Å². The molecule has 2 N–H and O–H groups in total. The summed E-state index contributed by atoms with van der Waals surface area (Å²) in [4.78, 5) is 12.6. The topological polar surface area (TPSA) is 75.3 Å². The minimum atomic E-state index is -3.76. The summed E-state index contributed by atoms with van der Waals surface area (Å²) in [5.41, 5.74) is 2.38. The van der Waals surface area contributed by atoms with Gasteiger partial charge in [-0.3, -0.25) is 9.52 Å². The summed E-state index contributed by atoms with van der Waals surface area (Å²) in [6.45, 7) is 4.20. The van der Waals surface area contributed by atoms with E-state index in [9.17, 15) is 13.2 Å². The number of carbonyl (C=O) groups is 1. The first-order chi connectivity index (χ1) is 13.8. The van der Waals surface area contributed by atoms with Crippen LogP contribution in [0.3, 0.4) is 0 Å². The summed E-state index contributed by atoms with van der Waals surface area (Å²) < 4.78 is 27.3. The van der Waals surface area contributed by atoms with Gasteiger partial charge >= 0.3 is 0 Å². The van der Waals surface area contributed by atoms with Gasteiger partial charge in [0.25, 0.3) is 15.9 Å². The van der Waals surface area contributed by atoms with Crippen molar-refractivity contribution < 1.29 is 13.2 Å². The van der Waals surface area contributed by atoms with Gasteiger partial charge in [0.15, 0.2) is 0 Å². The number of sulfonamides is 1. The summed E-state index contributed by atoms with van der Waals surface area (Å²) in [7, 11) is -3.76. The molecule has 29 heavy (non-hydrogen) atoms. The van der Waals surface area contributed by atoms with Gasteiger partial charge in [0.05, 0.1) is 15.6 Å². The molecule has 0 aromatic heterocycles. The molecule has 0 unspecified atom stereocenters. The van der Waals surface area contributed by atoms with Crippen LogP contribution in [0.2, 0.25) is 5.02 Å². The van der Waals surface area contributed by atoms with Crippen LogP contribution in [-0.2, 0) is 10.0 Å². The number of benzene rings is 3.